The Morgan fingerprint density at radius 2 is 1.74 bits per heavy atom. The number of hydrogen-bond donors (Lipinski definition) is 3. The van der Waals surface area contributed by atoms with Gasteiger partial charge in [-0.1, -0.05) is 12.8 Å². The van der Waals surface area contributed by atoms with E-state index >= 15 is 0 Å². The molecule has 0 atom stereocenters. The third-order valence-corrected chi connectivity index (χ3v) is 4.82. The maximum Gasteiger partial charge on any atom is 0.349 e. The van der Waals surface area contributed by atoms with Crippen LogP contribution < -0.4 is 11.2 Å². The lowest BCUT2D eigenvalue weighted by Crippen LogP contribution is -2.29. The first-order chi connectivity index (χ1) is 12.9. The van der Waals surface area contributed by atoms with E-state index in [0.717, 1.165) is 42.3 Å². The molecule has 1 aromatic rings. The number of aryl methyl sites for hydroxylation is 3. The molecule has 3 N–H and O–H groups in total. The van der Waals surface area contributed by atoms with Crippen molar-refractivity contribution in [1.29, 1.82) is 0 Å². The Labute approximate surface area is 155 Å². The van der Waals surface area contributed by atoms with Gasteiger partial charge in [0.05, 0.1) is 11.0 Å². The number of H-pyrrole nitrogens is 1. The number of fused-ring (bicyclic) bond motifs is 2. The van der Waals surface area contributed by atoms with Crippen LogP contribution in [0.2, 0.25) is 0 Å². The standard InChI is InChI=1S/C19H24N4O4/c1-11-9-13-14(10-12(11)2)23(8-6-4-3-5-7-15(24)25)17-16(20-13)18(26)22-19(27)21-17/h9-10,15,24-25H,3-8H2,1-2H3,(H,22,26,27). The average Bonchev–Trinajstić information content (AvgIpc) is 2.59. The number of benzene rings is 1. The van der Waals surface area contributed by atoms with Crippen molar-refractivity contribution < 1.29 is 10.2 Å². The number of nitrogens with zero attached hydrogens (tertiary/aromatic N) is 3. The van der Waals surface area contributed by atoms with Crippen molar-refractivity contribution in [3.63, 3.8) is 0 Å². The fourth-order valence-electron chi connectivity index (χ4n) is 3.23. The van der Waals surface area contributed by atoms with Crippen molar-refractivity contribution in [3.8, 4) is 11.5 Å². The molecule has 144 valence electrons. The van der Waals surface area contributed by atoms with Gasteiger partial charge in [0.2, 0.25) is 0 Å². The van der Waals surface area contributed by atoms with Crippen LogP contribution >= 0.6 is 0 Å². The highest BCUT2D eigenvalue weighted by Crippen LogP contribution is 2.24. The molecule has 0 bridgehead atoms. The van der Waals surface area contributed by atoms with Crippen molar-refractivity contribution in [1.82, 2.24) is 19.5 Å². The van der Waals surface area contributed by atoms with E-state index in [2.05, 4.69) is 15.0 Å². The van der Waals surface area contributed by atoms with Gasteiger partial charge in [0.25, 0.3) is 5.56 Å². The first kappa shape index (κ1) is 19.2. The van der Waals surface area contributed by atoms with E-state index in [4.69, 9.17) is 10.2 Å². The van der Waals surface area contributed by atoms with Crippen LogP contribution in [0.1, 0.15) is 43.2 Å². The molecule has 0 radical (unpaired) electrons. The van der Waals surface area contributed by atoms with Gasteiger partial charge in [-0.2, -0.15) is 4.98 Å². The second kappa shape index (κ2) is 7.98. The minimum atomic E-state index is -1.26. The highest BCUT2D eigenvalue weighted by Gasteiger charge is 2.18. The molecule has 2 aliphatic rings. The van der Waals surface area contributed by atoms with Crippen molar-refractivity contribution in [2.75, 3.05) is 0 Å². The second-order valence-electron chi connectivity index (χ2n) is 6.92. The summed E-state index contributed by atoms with van der Waals surface area (Å²) < 4.78 is 1.89. The van der Waals surface area contributed by atoms with E-state index < -0.39 is 17.5 Å². The third-order valence-electron chi connectivity index (χ3n) is 4.82. The van der Waals surface area contributed by atoms with Crippen LogP contribution in [0.15, 0.2) is 21.7 Å². The van der Waals surface area contributed by atoms with Crippen LogP contribution in [-0.2, 0) is 6.54 Å². The molecule has 2 aliphatic heterocycles. The van der Waals surface area contributed by atoms with Crippen molar-refractivity contribution in [2.24, 2.45) is 0 Å². The molecular weight excluding hydrogens is 348 g/mol. The molecule has 0 spiro atoms. The highest BCUT2D eigenvalue weighted by atomic mass is 16.5. The molecule has 0 fully saturated rings. The highest BCUT2D eigenvalue weighted by molar-refractivity contribution is 5.81. The molecule has 0 aromatic heterocycles. The molecule has 1 aromatic carbocycles. The monoisotopic (exact) mass is 372 g/mol. The van der Waals surface area contributed by atoms with Crippen LogP contribution in [0.4, 0.5) is 0 Å². The number of aromatic nitrogens is 4. The maximum absolute atomic E-state index is 12.2. The summed E-state index contributed by atoms with van der Waals surface area (Å²) in [5, 5.41) is 17.8. The summed E-state index contributed by atoms with van der Waals surface area (Å²) in [5.74, 6) is 0.297. The second-order valence-corrected chi connectivity index (χ2v) is 6.92. The third kappa shape index (κ3) is 4.23. The molecule has 2 heterocycles. The normalized spacial score (nSPS) is 11.7. The van der Waals surface area contributed by atoms with Crippen molar-refractivity contribution in [3.05, 3.63) is 44.1 Å². The van der Waals surface area contributed by atoms with Gasteiger partial charge in [-0.05, 0) is 56.4 Å². The van der Waals surface area contributed by atoms with Crippen LogP contribution in [0.3, 0.4) is 0 Å². The van der Waals surface area contributed by atoms with Crippen LogP contribution in [0.25, 0.3) is 22.6 Å². The summed E-state index contributed by atoms with van der Waals surface area (Å²) in [6.45, 7) is 4.59. The van der Waals surface area contributed by atoms with Crippen molar-refractivity contribution in [2.45, 2.75) is 58.8 Å². The minimum absolute atomic E-state index is 0.161. The predicted molar refractivity (Wildman–Crippen MR) is 102 cm³/mol. The molecule has 0 amide bonds. The first-order valence-electron chi connectivity index (χ1n) is 9.15. The number of hydrogen-bond acceptors (Lipinski definition) is 6. The lowest BCUT2D eigenvalue weighted by Gasteiger charge is -2.17. The van der Waals surface area contributed by atoms with Crippen LogP contribution in [-0.4, -0.2) is 36.0 Å². The number of unbranched alkanes of at least 4 members (excludes halogenated alkanes) is 3. The summed E-state index contributed by atoms with van der Waals surface area (Å²) in [5.41, 5.74) is 2.66. The molecule has 0 aliphatic carbocycles. The molecular formula is C19H24N4O4. The van der Waals surface area contributed by atoms with E-state index in [1.165, 1.54) is 0 Å². The smallest absolute Gasteiger partial charge is 0.349 e. The van der Waals surface area contributed by atoms with E-state index in [9.17, 15) is 9.59 Å². The Hall–Kier alpha value is -2.58. The quantitative estimate of drug-likeness (QED) is 0.328. The Bertz CT molecular complexity index is 1040. The van der Waals surface area contributed by atoms with Gasteiger partial charge in [-0.3, -0.25) is 9.78 Å². The van der Waals surface area contributed by atoms with Gasteiger partial charge < -0.3 is 14.8 Å². The number of rotatable bonds is 7. The average molecular weight is 372 g/mol. The fraction of sp³-hybridized carbons (Fsp3) is 0.474. The molecule has 3 rings (SSSR count). The van der Waals surface area contributed by atoms with Crippen LogP contribution in [0, 0.1) is 13.8 Å². The summed E-state index contributed by atoms with van der Waals surface area (Å²) in [6.07, 6.45) is 2.42. The topological polar surface area (TPSA) is 121 Å². The van der Waals surface area contributed by atoms with Crippen molar-refractivity contribution >= 4 is 11.0 Å². The fourth-order valence-corrected chi connectivity index (χ4v) is 3.23. The molecule has 0 saturated carbocycles. The summed E-state index contributed by atoms with van der Waals surface area (Å²) in [6, 6.07) is 3.94. The molecule has 27 heavy (non-hydrogen) atoms. The lowest BCUT2D eigenvalue weighted by molar-refractivity contribution is -0.0466. The van der Waals surface area contributed by atoms with E-state index in [1.54, 1.807) is 0 Å². The lowest BCUT2D eigenvalue weighted by atomic mass is 10.1. The number of aliphatic hydroxyl groups is 2. The van der Waals surface area contributed by atoms with Gasteiger partial charge in [0, 0.05) is 6.54 Å². The molecule has 0 unspecified atom stereocenters. The van der Waals surface area contributed by atoms with Gasteiger partial charge >= 0.3 is 5.69 Å². The minimum Gasteiger partial charge on any atom is -0.368 e. The number of nitrogens with one attached hydrogen (secondary N) is 1. The zero-order chi connectivity index (χ0) is 19.6. The van der Waals surface area contributed by atoms with Crippen LogP contribution in [0.5, 0.6) is 0 Å². The van der Waals surface area contributed by atoms with Gasteiger partial charge in [0.15, 0.2) is 17.8 Å². The van der Waals surface area contributed by atoms with E-state index in [-0.39, 0.29) is 5.69 Å². The number of aromatic amines is 1. The summed E-state index contributed by atoms with van der Waals surface area (Å²) in [7, 11) is 0. The van der Waals surface area contributed by atoms with Gasteiger partial charge in [0.1, 0.15) is 0 Å². The van der Waals surface area contributed by atoms with E-state index in [0.29, 0.717) is 24.3 Å². The summed E-state index contributed by atoms with van der Waals surface area (Å²) in [4.78, 5) is 34.6. The maximum atomic E-state index is 12.2. The zero-order valence-corrected chi connectivity index (χ0v) is 15.5. The Kier molecular flexibility index (Phi) is 5.67. The largest absolute Gasteiger partial charge is 0.368 e. The Balaban J connectivity index is 1.98. The zero-order valence-electron chi connectivity index (χ0n) is 15.5. The van der Waals surface area contributed by atoms with Gasteiger partial charge in [-0.25, -0.2) is 9.78 Å². The molecule has 0 saturated heterocycles. The molecule has 8 nitrogen and oxygen atoms in total. The van der Waals surface area contributed by atoms with E-state index in [1.807, 2.05) is 30.5 Å². The Morgan fingerprint density at radius 1 is 1.04 bits per heavy atom. The number of aliphatic hydroxyl groups excluding tert-OH is 1. The van der Waals surface area contributed by atoms with Gasteiger partial charge in [-0.15, -0.1) is 0 Å². The predicted octanol–water partition coefficient (Wildman–Crippen LogP) is 1.46. The SMILES string of the molecule is Cc1cc2nc3c(=O)[nH]c(=O)nc-3n(CCCCCCC(O)O)c2cc1C. The molecule has 8 heteroatoms. The summed E-state index contributed by atoms with van der Waals surface area (Å²) >= 11 is 0. The Morgan fingerprint density at radius 3 is 2.48 bits per heavy atom. The first-order valence-corrected chi connectivity index (χ1v) is 9.15.